The van der Waals surface area contributed by atoms with Crippen molar-refractivity contribution < 1.29 is 4.84 Å². The number of hydrogen-bond donors (Lipinski definition) is 0. The van der Waals surface area contributed by atoms with Gasteiger partial charge < -0.3 is 4.84 Å². The Kier molecular flexibility index (Phi) is 3.31. The molecule has 0 fully saturated rings. The molecule has 0 saturated carbocycles. The molecule has 0 aliphatic heterocycles. The van der Waals surface area contributed by atoms with Gasteiger partial charge in [0, 0.05) is 4.88 Å². The van der Waals surface area contributed by atoms with Crippen molar-refractivity contribution in [1.82, 2.24) is 4.98 Å². The Morgan fingerprint density at radius 3 is 2.62 bits per heavy atom. The lowest BCUT2D eigenvalue weighted by atomic mass is 10.3. The maximum atomic E-state index is 5.20. The first kappa shape index (κ1) is 10.8. The molecular weight excluding hydrogens is 220 g/mol. The van der Waals surface area contributed by atoms with Crippen LogP contribution < -0.4 is 4.84 Å². The molecular formula is C12H12N2OS. The quantitative estimate of drug-likeness (QED) is 0.601. The molecule has 1 aromatic heterocycles. The molecule has 0 aliphatic carbocycles. The van der Waals surface area contributed by atoms with E-state index < -0.39 is 0 Å². The topological polar surface area (TPSA) is 34.5 Å². The summed E-state index contributed by atoms with van der Waals surface area (Å²) in [5, 5.41) is 4.76. The van der Waals surface area contributed by atoms with E-state index >= 15 is 0 Å². The number of rotatable bonds is 3. The van der Waals surface area contributed by atoms with E-state index in [0.29, 0.717) is 0 Å². The maximum absolute atomic E-state index is 5.20. The van der Waals surface area contributed by atoms with Crippen molar-refractivity contribution in [3.8, 4) is 5.75 Å². The van der Waals surface area contributed by atoms with Crippen molar-refractivity contribution >= 4 is 17.6 Å². The number of aryl methyl sites for hydroxylation is 2. The number of thiazole rings is 1. The van der Waals surface area contributed by atoms with Gasteiger partial charge in [-0.25, -0.2) is 4.98 Å². The van der Waals surface area contributed by atoms with Crippen molar-refractivity contribution in [3.05, 3.63) is 45.9 Å². The second-order valence-electron chi connectivity index (χ2n) is 3.33. The standard InChI is InChI=1S/C12H12N2OS/c1-9-10(2)16-12(14-9)8-13-15-11-6-4-3-5-7-11/h3-8H,1-2H3. The fourth-order valence-corrected chi connectivity index (χ4v) is 1.95. The highest BCUT2D eigenvalue weighted by Crippen LogP contribution is 2.15. The van der Waals surface area contributed by atoms with Crippen LogP contribution in [0.2, 0.25) is 0 Å². The van der Waals surface area contributed by atoms with Crippen LogP contribution in [0.1, 0.15) is 15.6 Å². The Morgan fingerprint density at radius 2 is 2.00 bits per heavy atom. The predicted molar refractivity (Wildman–Crippen MR) is 66.3 cm³/mol. The van der Waals surface area contributed by atoms with Gasteiger partial charge >= 0.3 is 0 Å². The molecule has 2 rings (SSSR count). The summed E-state index contributed by atoms with van der Waals surface area (Å²) in [6.07, 6.45) is 1.64. The zero-order valence-electron chi connectivity index (χ0n) is 9.18. The molecule has 0 unspecified atom stereocenters. The average Bonchev–Trinajstić information content (AvgIpc) is 2.60. The third kappa shape index (κ3) is 2.67. The Morgan fingerprint density at radius 1 is 1.25 bits per heavy atom. The molecule has 0 N–H and O–H groups in total. The lowest BCUT2D eigenvalue weighted by Crippen LogP contribution is -1.85. The number of hydrogen-bond acceptors (Lipinski definition) is 4. The first-order valence-corrected chi connectivity index (χ1v) is 5.77. The monoisotopic (exact) mass is 232 g/mol. The molecule has 0 aliphatic rings. The van der Waals surface area contributed by atoms with Gasteiger partial charge in [0.15, 0.2) is 5.75 Å². The van der Waals surface area contributed by atoms with Crippen LogP contribution in [0.4, 0.5) is 0 Å². The summed E-state index contributed by atoms with van der Waals surface area (Å²) in [7, 11) is 0. The number of nitrogens with zero attached hydrogens (tertiary/aromatic N) is 2. The van der Waals surface area contributed by atoms with Gasteiger partial charge in [-0.2, -0.15) is 0 Å². The van der Waals surface area contributed by atoms with Crippen LogP contribution in [0.3, 0.4) is 0 Å². The van der Waals surface area contributed by atoms with Gasteiger partial charge in [-0.15, -0.1) is 11.3 Å². The molecule has 1 heterocycles. The third-order valence-electron chi connectivity index (χ3n) is 2.11. The summed E-state index contributed by atoms with van der Waals surface area (Å²) >= 11 is 1.61. The van der Waals surface area contributed by atoms with Crippen LogP contribution in [-0.4, -0.2) is 11.2 Å². The van der Waals surface area contributed by atoms with Crippen molar-refractivity contribution in [3.63, 3.8) is 0 Å². The first-order chi connectivity index (χ1) is 7.75. The molecule has 2 aromatic rings. The molecule has 0 amide bonds. The van der Waals surface area contributed by atoms with Crippen molar-refractivity contribution in [2.75, 3.05) is 0 Å². The molecule has 0 atom stereocenters. The molecule has 16 heavy (non-hydrogen) atoms. The molecule has 4 heteroatoms. The van der Waals surface area contributed by atoms with Gasteiger partial charge in [0.25, 0.3) is 0 Å². The van der Waals surface area contributed by atoms with E-state index in [1.165, 1.54) is 4.88 Å². The summed E-state index contributed by atoms with van der Waals surface area (Å²) < 4.78 is 0. The summed E-state index contributed by atoms with van der Waals surface area (Å²) in [5.74, 6) is 0.726. The summed E-state index contributed by atoms with van der Waals surface area (Å²) in [6, 6.07) is 9.46. The number of benzene rings is 1. The maximum Gasteiger partial charge on any atom is 0.157 e. The number of para-hydroxylation sites is 1. The molecule has 0 bridgehead atoms. The number of oxime groups is 1. The van der Waals surface area contributed by atoms with Gasteiger partial charge in [-0.05, 0) is 26.0 Å². The van der Waals surface area contributed by atoms with E-state index in [2.05, 4.69) is 10.1 Å². The fourth-order valence-electron chi connectivity index (χ4n) is 1.17. The smallest absolute Gasteiger partial charge is 0.157 e. The Balaban J connectivity index is 2.00. The Hall–Kier alpha value is -1.68. The zero-order chi connectivity index (χ0) is 11.4. The van der Waals surface area contributed by atoms with E-state index in [1.807, 2.05) is 44.2 Å². The Bertz CT molecular complexity index is 471. The van der Waals surface area contributed by atoms with Crippen molar-refractivity contribution in [2.24, 2.45) is 5.16 Å². The zero-order valence-corrected chi connectivity index (χ0v) is 9.99. The summed E-state index contributed by atoms with van der Waals surface area (Å²) in [6.45, 7) is 4.03. The van der Waals surface area contributed by atoms with E-state index in [1.54, 1.807) is 17.6 Å². The minimum Gasteiger partial charge on any atom is -0.357 e. The van der Waals surface area contributed by atoms with E-state index in [-0.39, 0.29) is 0 Å². The minimum atomic E-state index is 0.726. The molecule has 0 radical (unpaired) electrons. The summed E-state index contributed by atoms with van der Waals surface area (Å²) in [4.78, 5) is 10.7. The van der Waals surface area contributed by atoms with Gasteiger partial charge in [-0.3, -0.25) is 0 Å². The van der Waals surface area contributed by atoms with Crippen molar-refractivity contribution in [2.45, 2.75) is 13.8 Å². The van der Waals surface area contributed by atoms with Crippen LogP contribution in [0, 0.1) is 13.8 Å². The third-order valence-corrected chi connectivity index (χ3v) is 3.12. The minimum absolute atomic E-state index is 0.726. The van der Waals surface area contributed by atoms with Crippen LogP contribution in [0.25, 0.3) is 0 Å². The Labute approximate surface area is 98.4 Å². The normalized spacial score (nSPS) is 10.9. The molecule has 82 valence electrons. The van der Waals surface area contributed by atoms with E-state index in [0.717, 1.165) is 16.5 Å². The van der Waals surface area contributed by atoms with Gasteiger partial charge in [0.2, 0.25) is 0 Å². The SMILES string of the molecule is Cc1nc(C=NOc2ccccc2)sc1C. The van der Waals surface area contributed by atoms with Crippen LogP contribution in [-0.2, 0) is 0 Å². The lowest BCUT2D eigenvalue weighted by molar-refractivity contribution is 0.344. The van der Waals surface area contributed by atoms with Crippen LogP contribution in [0.5, 0.6) is 5.75 Å². The van der Waals surface area contributed by atoms with E-state index in [9.17, 15) is 0 Å². The van der Waals surface area contributed by atoms with Gasteiger partial charge in [0.05, 0.1) is 5.69 Å². The highest BCUT2D eigenvalue weighted by molar-refractivity contribution is 7.13. The van der Waals surface area contributed by atoms with Crippen LogP contribution in [0.15, 0.2) is 35.5 Å². The average molecular weight is 232 g/mol. The largest absolute Gasteiger partial charge is 0.357 e. The number of aromatic nitrogens is 1. The molecule has 3 nitrogen and oxygen atoms in total. The van der Waals surface area contributed by atoms with E-state index in [4.69, 9.17) is 4.84 Å². The fraction of sp³-hybridized carbons (Fsp3) is 0.167. The van der Waals surface area contributed by atoms with Gasteiger partial charge in [-0.1, -0.05) is 23.4 Å². The highest BCUT2D eigenvalue weighted by atomic mass is 32.1. The predicted octanol–water partition coefficient (Wildman–Crippen LogP) is 3.17. The van der Waals surface area contributed by atoms with Crippen molar-refractivity contribution in [1.29, 1.82) is 0 Å². The molecule has 0 saturated heterocycles. The second kappa shape index (κ2) is 4.90. The highest BCUT2D eigenvalue weighted by Gasteiger charge is 2.00. The summed E-state index contributed by atoms with van der Waals surface area (Å²) in [5.41, 5.74) is 1.05. The molecule has 0 spiro atoms. The first-order valence-electron chi connectivity index (χ1n) is 4.95. The molecule has 1 aromatic carbocycles. The lowest BCUT2D eigenvalue weighted by Gasteiger charge is -1.94. The van der Waals surface area contributed by atoms with Crippen LogP contribution >= 0.6 is 11.3 Å². The van der Waals surface area contributed by atoms with Gasteiger partial charge in [0.1, 0.15) is 11.2 Å². The second-order valence-corrected chi connectivity index (χ2v) is 4.57.